The van der Waals surface area contributed by atoms with Gasteiger partial charge in [-0.2, -0.15) is 0 Å². The van der Waals surface area contributed by atoms with E-state index in [9.17, 15) is 19.5 Å². The molecule has 0 saturated carbocycles. The number of fused-ring (bicyclic) bond motifs is 1. The van der Waals surface area contributed by atoms with Gasteiger partial charge in [-0.15, -0.1) is 0 Å². The molecule has 7 heteroatoms. The number of quaternary nitrogens is 1. The van der Waals surface area contributed by atoms with Crippen LogP contribution in [-0.2, 0) is 32.0 Å². The number of nitrogens with two attached hydrogens (primary N) is 1. The Morgan fingerprint density at radius 2 is 1.77 bits per heavy atom. The minimum Gasteiger partial charge on any atom is -0.477 e. The second-order valence-corrected chi connectivity index (χ2v) is 7.88. The highest BCUT2D eigenvalue weighted by Gasteiger charge is 2.63. The van der Waals surface area contributed by atoms with E-state index in [0.717, 1.165) is 11.1 Å². The zero-order valence-corrected chi connectivity index (χ0v) is 17.9. The molecular weight excluding hydrogens is 396 g/mol. The number of carbonyl (C=O) groups excluding carboxylic acids is 2. The van der Waals surface area contributed by atoms with E-state index >= 15 is 0 Å². The largest absolute Gasteiger partial charge is 0.477 e. The number of esters is 1. The summed E-state index contributed by atoms with van der Waals surface area (Å²) in [6.07, 6.45) is 0.885. The average Bonchev–Trinajstić information content (AvgIpc) is 3.10. The molecule has 3 N–H and O–H groups in total. The van der Waals surface area contributed by atoms with Crippen LogP contribution in [0.25, 0.3) is 0 Å². The number of ether oxygens (including phenoxy) is 1. The predicted octanol–water partition coefficient (Wildman–Crippen LogP) is 2.44. The van der Waals surface area contributed by atoms with E-state index in [1.807, 2.05) is 30.3 Å². The van der Waals surface area contributed by atoms with Crippen LogP contribution < -0.4 is 10.2 Å². The molecule has 0 bridgehead atoms. The third kappa shape index (κ3) is 4.11. The van der Waals surface area contributed by atoms with Crippen molar-refractivity contribution in [1.29, 1.82) is 0 Å². The van der Waals surface area contributed by atoms with E-state index in [-0.39, 0.29) is 19.4 Å². The topological polar surface area (TPSA) is 107 Å². The first-order valence-corrected chi connectivity index (χ1v) is 10.5. The van der Waals surface area contributed by atoms with Gasteiger partial charge in [0.15, 0.2) is 6.04 Å². The number of amides is 1. The molecular formula is C24H29N2O5+. The summed E-state index contributed by atoms with van der Waals surface area (Å²) >= 11 is 0. The van der Waals surface area contributed by atoms with Crippen LogP contribution in [0.15, 0.2) is 54.6 Å². The van der Waals surface area contributed by atoms with Crippen molar-refractivity contribution in [1.82, 2.24) is 4.48 Å². The number of benzene rings is 2. The molecule has 3 rings (SSSR count). The molecule has 1 unspecified atom stereocenters. The molecule has 1 aliphatic rings. The van der Waals surface area contributed by atoms with E-state index in [1.165, 1.54) is 6.92 Å². The monoisotopic (exact) mass is 425 g/mol. The van der Waals surface area contributed by atoms with Gasteiger partial charge in [-0.1, -0.05) is 48.5 Å². The van der Waals surface area contributed by atoms with Gasteiger partial charge in [-0.3, -0.25) is 0 Å². The number of para-hydroxylation sites is 1. The van der Waals surface area contributed by atoms with E-state index in [0.29, 0.717) is 12.1 Å². The number of aliphatic carboxylic acids is 1. The lowest BCUT2D eigenvalue weighted by molar-refractivity contribution is -0.160. The maximum absolute atomic E-state index is 13.7. The summed E-state index contributed by atoms with van der Waals surface area (Å²) in [6, 6.07) is 13.5. The van der Waals surface area contributed by atoms with Crippen molar-refractivity contribution < 1.29 is 24.2 Å². The zero-order chi connectivity index (χ0) is 22.6. The van der Waals surface area contributed by atoms with Gasteiger partial charge in [0.05, 0.1) is 6.61 Å². The summed E-state index contributed by atoms with van der Waals surface area (Å²) in [7, 11) is 0. The van der Waals surface area contributed by atoms with Crippen LogP contribution in [-0.4, -0.2) is 47.7 Å². The Hall–Kier alpha value is -3.03. The summed E-state index contributed by atoms with van der Waals surface area (Å²) in [6.45, 7) is 3.35. The second-order valence-electron chi connectivity index (χ2n) is 7.88. The summed E-state index contributed by atoms with van der Waals surface area (Å²) in [4.78, 5) is 39.3. The maximum atomic E-state index is 13.7. The molecule has 0 fully saturated rings. The standard InChI is InChI=1S/C24H28N2O5/c1-3-31-24(30)20(14-13-17-9-5-4-6-10-17)26(22(27)16(2)25)19-12-8-7-11-18(19)15-21(26)23(28)29/h4-12,16,20-21H,3,13-15,25H2,1-2H3/p+1/t16-,20-,21-,26?/m0/s1. The molecule has 2 aromatic carbocycles. The summed E-state index contributed by atoms with van der Waals surface area (Å²) < 4.78 is 4.72. The van der Waals surface area contributed by atoms with Crippen LogP contribution in [0.2, 0.25) is 0 Å². The molecule has 2 aromatic rings. The van der Waals surface area contributed by atoms with Crippen LogP contribution in [0.5, 0.6) is 0 Å². The fourth-order valence-electron chi connectivity index (χ4n) is 4.65. The molecule has 164 valence electrons. The van der Waals surface area contributed by atoms with Crippen molar-refractivity contribution in [3.8, 4) is 0 Å². The number of carboxylic acid groups (broad SMARTS) is 1. The minimum absolute atomic E-state index is 0.131. The third-order valence-corrected chi connectivity index (χ3v) is 5.93. The highest BCUT2D eigenvalue weighted by Crippen LogP contribution is 2.43. The molecule has 0 saturated heterocycles. The molecule has 7 nitrogen and oxygen atoms in total. The lowest BCUT2D eigenvalue weighted by atomic mass is 9.97. The lowest BCUT2D eigenvalue weighted by Gasteiger charge is -2.41. The van der Waals surface area contributed by atoms with Gasteiger partial charge >= 0.3 is 17.8 Å². The number of hydrogen-bond acceptors (Lipinski definition) is 5. The van der Waals surface area contributed by atoms with Crippen molar-refractivity contribution in [2.75, 3.05) is 6.61 Å². The average molecular weight is 426 g/mol. The SMILES string of the molecule is CCOC(=O)[C@H](CCc1ccccc1)[N+]1(C(=O)[C@H](C)N)c2ccccc2C[C@H]1C(=O)O. The first-order valence-electron chi connectivity index (χ1n) is 10.5. The Morgan fingerprint density at radius 3 is 2.39 bits per heavy atom. The lowest BCUT2D eigenvalue weighted by Crippen LogP contribution is -2.72. The molecule has 0 aromatic heterocycles. The Morgan fingerprint density at radius 1 is 1.13 bits per heavy atom. The molecule has 0 spiro atoms. The van der Waals surface area contributed by atoms with E-state index in [4.69, 9.17) is 10.5 Å². The van der Waals surface area contributed by atoms with Crippen molar-refractivity contribution in [2.24, 2.45) is 5.73 Å². The first-order chi connectivity index (χ1) is 14.8. The van der Waals surface area contributed by atoms with Gasteiger partial charge in [-0.05, 0) is 31.9 Å². The van der Waals surface area contributed by atoms with E-state index in [1.54, 1.807) is 31.2 Å². The number of carbonyl (C=O) groups is 3. The number of rotatable bonds is 8. The van der Waals surface area contributed by atoms with Gasteiger partial charge in [0.25, 0.3) is 0 Å². The highest BCUT2D eigenvalue weighted by molar-refractivity contribution is 6.03. The smallest absolute Gasteiger partial charge is 0.365 e. The van der Waals surface area contributed by atoms with E-state index in [2.05, 4.69) is 0 Å². The van der Waals surface area contributed by atoms with Gasteiger partial charge < -0.3 is 15.6 Å². The summed E-state index contributed by atoms with van der Waals surface area (Å²) in [5.74, 6) is -2.22. The van der Waals surface area contributed by atoms with Gasteiger partial charge in [0.2, 0.25) is 6.04 Å². The van der Waals surface area contributed by atoms with Crippen molar-refractivity contribution in [3.63, 3.8) is 0 Å². The van der Waals surface area contributed by atoms with Gasteiger partial charge in [-0.25, -0.2) is 18.9 Å². The molecule has 1 aliphatic heterocycles. The van der Waals surface area contributed by atoms with Crippen molar-refractivity contribution in [3.05, 3.63) is 65.7 Å². The quantitative estimate of drug-likeness (QED) is 0.497. The molecule has 4 atom stereocenters. The third-order valence-electron chi connectivity index (χ3n) is 5.93. The highest BCUT2D eigenvalue weighted by atomic mass is 16.5. The van der Waals surface area contributed by atoms with Crippen LogP contribution >= 0.6 is 0 Å². The zero-order valence-electron chi connectivity index (χ0n) is 17.9. The molecule has 31 heavy (non-hydrogen) atoms. The Kier molecular flexibility index (Phi) is 6.87. The fraction of sp³-hybridized carbons (Fsp3) is 0.375. The summed E-state index contributed by atoms with van der Waals surface area (Å²) in [5, 5.41) is 10.1. The van der Waals surface area contributed by atoms with Crippen molar-refractivity contribution >= 4 is 23.5 Å². The first kappa shape index (κ1) is 22.7. The maximum Gasteiger partial charge on any atom is 0.365 e. The van der Waals surface area contributed by atoms with Crippen molar-refractivity contribution in [2.45, 2.75) is 51.2 Å². The van der Waals surface area contributed by atoms with Gasteiger partial charge in [0, 0.05) is 18.4 Å². The Balaban J connectivity index is 2.19. The van der Waals surface area contributed by atoms with Gasteiger partial charge in [0.1, 0.15) is 11.7 Å². The second kappa shape index (κ2) is 9.41. The number of aryl methyl sites for hydroxylation is 1. The number of hydrogen-bond donors (Lipinski definition) is 2. The van der Waals surface area contributed by atoms with Crippen LogP contribution in [0.1, 0.15) is 31.4 Å². The fourth-order valence-corrected chi connectivity index (χ4v) is 4.65. The van der Waals surface area contributed by atoms with Crippen LogP contribution in [0.3, 0.4) is 0 Å². The number of nitrogens with zero attached hydrogens (tertiary/aromatic N) is 1. The van der Waals surface area contributed by atoms with E-state index < -0.39 is 40.5 Å². The minimum atomic E-state index is -1.15. The summed E-state index contributed by atoms with van der Waals surface area (Å²) in [5.41, 5.74) is 8.27. The Bertz CT molecular complexity index is 959. The van der Waals surface area contributed by atoms with Crippen LogP contribution in [0, 0.1) is 0 Å². The predicted molar refractivity (Wildman–Crippen MR) is 117 cm³/mol. The Labute approximate surface area is 182 Å². The molecule has 0 radical (unpaired) electrons. The molecule has 1 heterocycles. The number of carboxylic acids is 1. The van der Waals surface area contributed by atoms with Crippen LogP contribution in [0.4, 0.5) is 5.69 Å². The molecule has 0 aliphatic carbocycles. The normalized spacial score (nSPS) is 21.7. The molecule has 1 amide bonds.